The van der Waals surface area contributed by atoms with Crippen molar-refractivity contribution in [2.75, 3.05) is 13.7 Å². The van der Waals surface area contributed by atoms with Crippen LogP contribution in [-0.2, 0) is 11.3 Å². The van der Waals surface area contributed by atoms with Gasteiger partial charge in [0.15, 0.2) is 0 Å². The Morgan fingerprint density at radius 3 is 2.65 bits per heavy atom. The summed E-state index contributed by atoms with van der Waals surface area (Å²) in [7, 11) is 1.79. The van der Waals surface area contributed by atoms with Crippen LogP contribution in [0.4, 0.5) is 0 Å². The number of aryl methyl sites for hydroxylation is 2. The van der Waals surface area contributed by atoms with Crippen LogP contribution in [0.15, 0.2) is 42.7 Å². The molecule has 0 amide bonds. The van der Waals surface area contributed by atoms with Crippen molar-refractivity contribution in [2.24, 2.45) is 0 Å². The highest BCUT2D eigenvalue weighted by Gasteiger charge is 2.34. The zero-order valence-electron chi connectivity index (χ0n) is 15.5. The molecule has 3 heterocycles. The number of nitrogens with zero attached hydrogens (tertiary/aromatic N) is 4. The molecule has 1 aliphatic rings. The lowest BCUT2D eigenvalue weighted by Gasteiger charge is -2.22. The molecule has 136 valence electrons. The summed E-state index contributed by atoms with van der Waals surface area (Å²) in [5.74, 6) is 1.02. The minimum atomic E-state index is 0.249. The average Bonchev–Trinajstić information content (AvgIpc) is 3.35. The Labute approximate surface area is 153 Å². The maximum atomic E-state index is 5.60. The predicted molar refractivity (Wildman–Crippen MR) is 100 cm³/mol. The number of H-pyrrole nitrogens is 1. The van der Waals surface area contributed by atoms with Crippen LogP contribution >= 0.6 is 0 Å². The summed E-state index contributed by atoms with van der Waals surface area (Å²) < 4.78 is 7.59. The molecule has 1 aromatic carbocycles. The average molecular weight is 351 g/mol. The number of hydrogen-bond donors (Lipinski definition) is 1. The Balaban J connectivity index is 1.52. The maximum Gasteiger partial charge on any atom is 0.123 e. The minimum Gasteiger partial charge on any atom is -0.380 e. The van der Waals surface area contributed by atoms with Gasteiger partial charge in [0.1, 0.15) is 5.82 Å². The van der Waals surface area contributed by atoms with Crippen molar-refractivity contribution in [3.63, 3.8) is 0 Å². The van der Waals surface area contributed by atoms with Crippen LogP contribution in [0, 0.1) is 13.8 Å². The van der Waals surface area contributed by atoms with Gasteiger partial charge in [-0.25, -0.2) is 9.67 Å². The van der Waals surface area contributed by atoms with Gasteiger partial charge in [-0.15, -0.1) is 0 Å². The molecule has 2 atom stereocenters. The first-order valence-corrected chi connectivity index (χ1v) is 9.02. The maximum absolute atomic E-state index is 5.60. The fraction of sp³-hybridized carbons (Fsp3) is 0.400. The van der Waals surface area contributed by atoms with E-state index < -0.39 is 0 Å². The molecule has 1 saturated heterocycles. The molecule has 0 aliphatic carbocycles. The number of benzene rings is 1. The van der Waals surface area contributed by atoms with Crippen molar-refractivity contribution in [3.05, 3.63) is 65.5 Å². The first-order valence-electron chi connectivity index (χ1n) is 9.02. The zero-order valence-corrected chi connectivity index (χ0v) is 15.5. The molecule has 0 bridgehead atoms. The van der Waals surface area contributed by atoms with Crippen molar-refractivity contribution < 1.29 is 4.74 Å². The van der Waals surface area contributed by atoms with Gasteiger partial charge in [-0.2, -0.15) is 5.10 Å². The van der Waals surface area contributed by atoms with E-state index in [1.165, 1.54) is 5.56 Å². The van der Waals surface area contributed by atoms with E-state index in [4.69, 9.17) is 4.74 Å². The second kappa shape index (κ2) is 7.05. The summed E-state index contributed by atoms with van der Waals surface area (Å²) in [6.45, 7) is 5.90. The summed E-state index contributed by atoms with van der Waals surface area (Å²) >= 11 is 0. The van der Waals surface area contributed by atoms with Gasteiger partial charge in [-0.05, 0) is 44.0 Å². The Morgan fingerprint density at radius 2 is 2.04 bits per heavy atom. The summed E-state index contributed by atoms with van der Waals surface area (Å²) in [6.07, 6.45) is 4.92. The molecule has 0 saturated carbocycles. The summed E-state index contributed by atoms with van der Waals surface area (Å²) in [4.78, 5) is 10.2. The Morgan fingerprint density at radius 1 is 1.23 bits per heavy atom. The summed E-state index contributed by atoms with van der Waals surface area (Å²) in [5.41, 5.74) is 4.56. The van der Waals surface area contributed by atoms with Crippen LogP contribution in [0.2, 0.25) is 0 Å². The highest BCUT2D eigenvalue weighted by atomic mass is 16.5. The van der Waals surface area contributed by atoms with Crippen LogP contribution in [0.5, 0.6) is 0 Å². The van der Waals surface area contributed by atoms with Crippen LogP contribution in [-0.4, -0.2) is 44.4 Å². The number of methoxy groups -OCH3 is 1. The lowest BCUT2D eigenvalue weighted by atomic mass is 10.1. The Hall–Kier alpha value is -2.44. The van der Waals surface area contributed by atoms with Gasteiger partial charge in [0.25, 0.3) is 0 Å². The van der Waals surface area contributed by atoms with E-state index in [1.807, 2.05) is 24.0 Å². The van der Waals surface area contributed by atoms with Gasteiger partial charge in [0, 0.05) is 38.3 Å². The summed E-state index contributed by atoms with van der Waals surface area (Å²) in [6, 6.07) is 11.0. The molecule has 1 aliphatic heterocycles. The molecule has 3 aromatic rings. The number of nitrogens with one attached hydrogen (secondary N) is 1. The standard InChI is InChI=1S/C20H25N5O/c1-14-10-15(2)25(23-14)17-6-4-16(5-7-17)12-24-13-18(26-3)11-19(24)20-21-8-9-22-20/h4-10,18-19H,11-13H2,1-3H3,(H,21,22)/t18-,19+/m1/s1. The van der Waals surface area contributed by atoms with Crippen molar-refractivity contribution in [3.8, 4) is 5.69 Å². The van der Waals surface area contributed by atoms with Gasteiger partial charge in [0.05, 0.1) is 23.5 Å². The molecule has 2 aromatic heterocycles. The van der Waals surface area contributed by atoms with Crippen LogP contribution in [0.1, 0.15) is 35.2 Å². The molecule has 0 radical (unpaired) electrons. The smallest absolute Gasteiger partial charge is 0.123 e. The molecular formula is C20H25N5O. The topological polar surface area (TPSA) is 59.0 Å². The van der Waals surface area contributed by atoms with Crippen molar-refractivity contribution in [1.82, 2.24) is 24.6 Å². The first kappa shape index (κ1) is 17.0. The number of likely N-dealkylation sites (tertiary alicyclic amines) is 1. The number of aromatic nitrogens is 4. The third-order valence-electron chi connectivity index (χ3n) is 5.11. The highest BCUT2D eigenvalue weighted by molar-refractivity contribution is 5.36. The first-order chi connectivity index (χ1) is 12.6. The van der Waals surface area contributed by atoms with E-state index >= 15 is 0 Å². The highest BCUT2D eigenvalue weighted by Crippen LogP contribution is 2.32. The second-order valence-corrected chi connectivity index (χ2v) is 7.02. The van der Waals surface area contributed by atoms with E-state index in [0.29, 0.717) is 0 Å². The number of aromatic amines is 1. The molecular weight excluding hydrogens is 326 g/mol. The lowest BCUT2D eigenvalue weighted by molar-refractivity contribution is 0.107. The molecule has 4 rings (SSSR count). The van der Waals surface area contributed by atoms with E-state index in [9.17, 15) is 0 Å². The van der Waals surface area contributed by atoms with E-state index in [2.05, 4.69) is 57.2 Å². The molecule has 0 unspecified atom stereocenters. The molecule has 1 fully saturated rings. The monoisotopic (exact) mass is 351 g/mol. The molecule has 1 N–H and O–H groups in total. The van der Waals surface area contributed by atoms with Gasteiger partial charge in [-0.1, -0.05) is 12.1 Å². The van der Waals surface area contributed by atoms with Crippen molar-refractivity contribution >= 4 is 0 Å². The molecule has 6 heteroatoms. The lowest BCUT2D eigenvalue weighted by Crippen LogP contribution is -2.25. The third kappa shape index (κ3) is 3.30. The van der Waals surface area contributed by atoms with Crippen LogP contribution in [0.3, 0.4) is 0 Å². The molecule has 6 nitrogen and oxygen atoms in total. The van der Waals surface area contributed by atoms with Gasteiger partial charge in [-0.3, -0.25) is 4.90 Å². The van der Waals surface area contributed by atoms with E-state index in [-0.39, 0.29) is 12.1 Å². The fourth-order valence-corrected chi connectivity index (χ4v) is 3.82. The summed E-state index contributed by atoms with van der Waals surface area (Å²) in [5, 5.41) is 4.56. The van der Waals surface area contributed by atoms with E-state index in [0.717, 1.165) is 42.4 Å². The van der Waals surface area contributed by atoms with E-state index in [1.54, 1.807) is 7.11 Å². The zero-order chi connectivity index (χ0) is 18.1. The molecule has 26 heavy (non-hydrogen) atoms. The second-order valence-electron chi connectivity index (χ2n) is 7.02. The molecule has 0 spiro atoms. The van der Waals surface area contributed by atoms with Crippen molar-refractivity contribution in [1.29, 1.82) is 0 Å². The minimum absolute atomic E-state index is 0.249. The third-order valence-corrected chi connectivity index (χ3v) is 5.11. The van der Waals surface area contributed by atoms with Gasteiger partial charge < -0.3 is 9.72 Å². The fourth-order valence-electron chi connectivity index (χ4n) is 3.82. The van der Waals surface area contributed by atoms with Crippen LogP contribution < -0.4 is 0 Å². The SMILES string of the molecule is CO[C@@H]1C[C@@H](c2ncc[nH]2)N(Cc2ccc(-n3nc(C)cc3C)cc2)C1. The Bertz CT molecular complexity index is 853. The number of hydrogen-bond acceptors (Lipinski definition) is 4. The van der Waals surface area contributed by atoms with Crippen molar-refractivity contribution in [2.45, 2.75) is 39.0 Å². The Kier molecular flexibility index (Phi) is 4.61. The number of imidazole rings is 1. The van der Waals surface area contributed by atoms with Gasteiger partial charge >= 0.3 is 0 Å². The largest absolute Gasteiger partial charge is 0.380 e. The van der Waals surface area contributed by atoms with Gasteiger partial charge in [0.2, 0.25) is 0 Å². The number of rotatable bonds is 5. The number of ether oxygens (including phenoxy) is 1. The normalized spacial score (nSPS) is 20.7. The predicted octanol–water partition coefficient (Wildman–Crippen LogP) is 3.17. The quantitative estimate of drug-likeness (QED) is 0.767. The van der Waals surface area contributed by atoms with Crippen LogP contribution in [0.25, 0.3) is 5.69 Å².